The maximum absolute atomic E-state index is 13.0. The van der Waals surface area contributed by atoms with Crippen LogP contribution in [-0.4, -0.2) is 22.7 Å². The molecule has 3 aromatic rings. The number of hydrogen-bond donors (Lipinski definition) is 1. The van der Waals surface area contributed by atoms with Crippen molar-refractivity contribution >= 4 is 34.5 Å². The quantitative estimate of drug-likeness (QED) is 0.365. The molecule has 0 unspecified atom stereocenters. The van der Waals surface area contributed by atoms with E-state index in [0.717, 1.165) is 16.7 Å². The van der Waals surface area contributed by atoms with E-state index in [1.807, 2.05) is 55.5 Å². The molecule has 1 N–H and O–H groups in total. The van der Waals surface area contributed by atoms with Crippen molar-refractivity contribution in [1.29, 1.82) is 0 Å². The van der Waals surface area contributed by atoms with Gasteiger partial charge in [-0.3, -0.25) is 0 Å². The summed E-state index contributed by atoms with van der Waals surface area (Å²) in [5, 5.41) is 11.2. The van der Waals surface area contributed by atoms with Gasteiger partial charge in [0.1, 0.15) is 34.5 Å². The predicted octanol–water partition coefficient (Wildman–Crippen LogP) is 6.91. The molecule has 0 fully saturated rings. The zero-order valence-corrected chi connectivity index (χ0v) is 20.1. The van der Waals surface area contributed by atoms with Crippen molar-refractivity contribution < 1.29 is 23.8 Å². The highest BCUT2D eigenvalue weighted by Crippen LogP contribution is 2.40. The lowest BCUT2D eigenvalue weighted by molar-refractivity contribution is -0.138. The van der Waals surface area contributed by atoms with Gasteiger partial charge in [-0.1, -0.05) is 53.7 Å². The molecule has 5 nitrogen and oxygen atoms in total. The molecule has 0 radical (unpaired) electrons. The molecular formula is C28H24FNO4S. The summed E-state index contributed by atoms with van der Waals surface area (Å²) in [7, 11) is 0. The molecule has 0 atom stereocenters. The smallest absolute Gasteiger partial charge is 0.344 e. The van der Waals surface area contributed by atoms with E-state index in [0.29, 0.717) is 28.0 Å². The van der Waals surface area contributed by atoms with Gasteiger partial charge in [-0.25, -0.2) is 14.2 Å². The summed E-state index contributed by atoms with van der Waals surface area (Å²) in [6.45, 7) is 4.21. The summed E-state index contributed by atoms with van der Waals surface area (Å²) in [6, 6.07) is 21.0. The fraction of sp³-hybridized carbons (Fsp3) is 0.143. The predicted molar refractivity (Wildman–Crippen MR) is 137 cm³/mol. The van der Waals surface area contributed by atoms with Crippen molar-refractivity contribution in [2.45, 2.75) is 20.5 Å². The molecule has 0 saturated heterocycles. The second-order valence-corrected chi connectivity index (χ2v) is 8.82. The standard InChI is InChI=1S/C28H24FNO4S/c1-3-33-28(32)25-26(31)24(35-27(25)30-22-12-4-18(2)5-13-22)16-19-8-14-23(15-9-19)34-17-20-6-10-21(29)11-7-20/h4-16,31H,3,17H2,1-2H3/b24-16-,30-27?. The third-order valence-electron chi connectivity index (χ3n) is 5.13. The van der Waals surface area contributed by atoms with E-state index in [1.54, 1.807) is 25.1 Å². The lowest BCUT2D eigenvalue weighted by atomic mass is 10.1. The Morgan fingerprint density at radius 1 is 1.03 bits per heavy atom. The van der Waals surface area contributed by atoms with Crippen LogP contribution in [0.5, 0.6) is 5.75 Å². The molecule has 178 valence electrons. The molecule has 1 heterocycles. The molecule has 0 amide bonds. The Labute approximate surface area is 207 Å². The number of aliphatic hydroxyl groups excluding tert-OH is 1. The maximum atomic E-state index is 13.0. The number of aliphatic imine (C=N–C) groups is 1. The van der Waals surface area contributed by atoms with Gasteiger partial charge in [-0.2, -0.15) is 0 Å². The molecule has 7 heteroatoms. The van der Waals surface area contributed by atoms with E-state index in [1.165, 1.54) is 23.9 Å². The van der Waals surface area contributed by atoms with Gasteiger partial charge in [0.25, 0.3) is 0 Å². The van der Waals surface area contributed by atoms with Crippen molar-refractivity contribution in [2.75, 3.05) is 6.61 Å². The summed E-state index contributed by atoms with van der Waals surface area (Å²) in [4.78, 5) is 17.6. The van der Waals surface area contributed by atoms with Crippen LogP contribution in [0.2, 0.25) is 0 Å². The fourth-order valence-corrected chi connectivity index (χ4v) is 4.32. The normalized spacial score (nSPS) is 15.6. The van der Waals surface area contributed by atoms with Crippen LogP contribution in [0.25, 0.3) is 6.08 Å². The van der Waals surface area contributed by atoms with Crippen LogP contribution < -0.4 is 4.74 Å². The van der Waals surface area contributed by atoms with Crippen LogP contribution in [0.4, 0.5) is 10.1 Å². The molecule has 3 aromatic carbocycles. The first-order chi connectivity index (χ1) is 16.9. The number of nitrogens with zero attached hydrogens (tertiary/aromatic N) is 1. The highest BCUT2D eigenvalue weighted by atomic mass is 32.2. The molecular weight excluding hydrogens is 465 g/mol. The van der Waals surface area contributed by atoms with E-state index >= 15 is 0 Å². The van der Waals surface area contributed by atoms with E-state index < -0.39 is 5.97 Å². The molecule has 0 aromatic heterocycles. The van der Waals surface area contributed by atoms with Gasteiger partial charge in [-0.05, 0) is 67.4 Å². The highest BCUT2D eigenvalue weighted by molar-refractivity contribution is 8.18. The van der Waals surface area contributed by atoms with Crippen LogP contribution >= 0.6 is 11.8 Å². The summed E-state index contributed by atoms with van der Waals surface area (Å²) in [5.74, 6) is -0.400. The van der Waals surface area contributed by atoms with Crippen molar-refractivity contribution in [3.8, 4) is 5.75 Å². The van der Waals surface area contributed by atoms with Gasteiger partial charge in [0, 0.05) is 0 Å². The minimum atomic E-state index is -0.615. The van der Waals surface area contributed by atoms with Crippen molar-refractivity contribution in [2.24, 2.45) is 4.99 Å². The Kier molecular flexibility index (Phi) is 7.67. The largest absolute Gasteiger partial charge is 0.506 e. The van der Waals surface area contributed by atoms with Crippen LogP contribution in [0.1, 0.15) is 23.6 Å². The summed E-state index contributed by atoms with van der Waals surface area (Å²) in [5.41, 5.74) is 3.51. The number of thioether (sulfide) groups is 1. The Morgan fingerprint density at radius 2 is 1.71 bits per heavy atom. The maximum Gasteiger partial charge on any atom is 0.344 e. The van der Waals surface area contributed by atoms with Gasteiger partial charge < -0.3 is 14.6 Å². The van der Waals surface area contributed by atoms with Crippen LogP contribution in [0, 0.1) is 12.7 Å². The lowest BCUT2D eigenvalue weighted by Crippen LogP contribution is -2.12. The van der Waals surface area contributed by atoms with Crippen molar-refractivity contribution in [1.82, 2.24) is 0 Å². The number of hydrogen-bond acceptors (Lipinski definition) is 6. The number of carbonyl (C=O) groups is 1. The second-order valence-electron chi connectivity index (χ2n) is 7.79. The molecule has 1 aliphatic heterocycles. The summed E-state index contributed by atoms with van der Waals surface area (Å²) < 4.78 is 24.0. The molecule has 1 aliphatic rings. The number of benzene rings is 3. The average molecular weight is 490 g/mol. The first kappa shape index (κ1) is 24.3. The number of esters is 1. The second kappa shape index (κ2) is 11.1. The van der Waals surface area contributed by atoms with Gasteiger partial charge in [0.2, 0.25) is 0 Å². The number of aliphatic hydroxyl groups is 1. The first-order valence-electron chi connectivity index (χ1n) is 11.1. The van der Waals surface area contributed by atoms with Gasteiger partial charge in [0.05, 0.1) is 17.2 Å². The Bertz CT molecular complexity index is 1290. The van der Waals surface area contributed by atoms with Gasteiger partial charge in [-0.15, -0.1) is 0 Å². The molecule has 0 saturated carbocycles. The number of aryl methyl sites for hydroxylation is 1. The summed E-state index contributed by atoms with van der Waals surface area (Å²) in [6.07, 6.45) is 1.78. The fourth-order valence-electron chi connectivity index (χ4n) is 3.29. The van der Waals surface area contributed by atoms with Gasteiger partial charge >= 0.3 is 5.97 Å². The molecule has 0 spiro atoms. The number of carbonyl (C=O) groups excluding carboxylic acids is 1. The lowest BCUT2D eigenvalue weighted by Gasteiger charge is -2.07. The zero-order chi connectivity index (χ0) is 24.8. The molecule has 0 bridgehead atoms. The van der Waals surface area contributed by atoms with Crippen LogP contribution in [0.3, 0.4) is 0 Å². The topological polar surface area (TPSA) is 68.1 Å². The SMILES string of the molecule is CCOC(=O)C1=C(O)/C(=C/c2ccc(OCc3ccc(F)cc3)cc2)SC1=Nc1ccc(C)cc1. The van der Waals surface area contributed by atoms with Crippen molar-refractivity contribution in [3.05, 3.63) is 112 Å². The van der Waals surface area contributed by atoms with E-state index in [-0.39, 0.29) is 23.8 Å². The zero-order valence-electron chi connectivity index (χ0n) is 19.3. The number of rotatable bonds is 7. The van der Waals surface area contributed by atoms with Crippen LogP contribution in [0.15, 0.2) is 94.0 Å². The van der Waals surface area contributed by atoms with E-state index in [4.69, 9.17) is 9.47 Å². The Balaban J connectivity index is 1.54. The minimum Gasteiger partial charge on any atom is -0.506 e. The van der Waals surface area contributed by atoms with Crippen molar-refractivity contribution in [3.63, 3.8) is 0 Å². The number of halogens is 1. The molecule has 0 aliphatic carbocycles. The van der Waals surface area contributed by atoms with E-state index in [9.17, 15) is 14.3 Å². The molecule has 35 heavy (non-hydrogen) atoms. The number of ether oxygens (including phenoxy) is 2. The summed E-state index contributed by atoms with van der Waals surface area (Å²) >= 11 is 1.21. The minimum absolute atomic E-state index is 0.0583. The highest BCUT2D eigenvalue weighted by Gasteiger charge is 2.33. The van der Waals surface area contributed by atoms with Gasteiger partial charge in [0.15, 0.2) is 0 Å². The average Bonchev–Trinajstić information content (AvgIpc) is 3.15. The Hall–Kier alpha value is -3.84. The monoisotopic (exact) mass is 489 g/mol. The molecule has 4 rings (SSSR count). The first-order valence-corrected chi connectivity index (χ1v) is 11.9. The van der Waals surface area contributed by atoms with Crippen LogP contribution in [-0.2, 0) is 16.1 Å². The van der Waals surface area contributed by atoms with E-state index in [2.05, 4.69) is 4.99 Å². The Morgan fingerprint density at radius 3 is 2.37 bits per heavy atom. The third kappa shape index (κ3) is 6.19. The third-order valence-corrected chi connectivity index (χ3v) is 6.15.